The number of hydrogen-bond donors (Lipinski definition) is 1. The summed E-state index contributed by atoms with van der Waals surface area (Å²) >= 11 is 0. The van der Waals surface area contributed by atoms with Gasteiger partial charge in [0.15, 0.2) is 5.58 Å². The van der Waals surface area contributed by atoms with Gasteiger partial charge in [0.1, 0.15) is 5.52 Å². The van der Waals surface area contributed by atoms with Crippen LogP contribution in [-0.2, 0) is 4.79 Å². The molecule has 3 heterocycles. The first kappa shape index (κ1) is 18.3. The van der Waals surface area contributed by atoms with Gasteiger partial charge in [-0.05, 0) is 62.4 Å². The predicted octanol–water partition coefficient (Wildman–Crippen LogP) is 2.81. The summed E-state index contributed by atoms with van der Waals surface area (Å²) in [6, 6.07) is 6.73. The molecule has 2 fully saturated rings. The summed E-state index contributed by atoms with van der Waals surface area (Å²) in [7, 11) is 0. The van der Waals surface area contributed by atoms with Gasteiger partial charge >= 0.3 is 0 Å². The molecular formula is C21H30N4O2. The van der Waals surface area contributed by atoms with E-state index in [2.05, 4.69) is 29.0 Å². The number of fused-ring (bicyclic) bond motifs is 1. The van der Waals surface area contributed by atoms with Gasteiger partial charge in [-0.25, -0.2) is 0 Å². The van der Waals surface area contributed by atoms with E-state index < -0.39 is 0 Å². The fraction of sp³-hybridized carbons (Fsp3) is 0.619. The highest BCUT2D eigenvalue weighted by atomic mass is 16.4. The monoisotopic (exact) mass is 370 g/mol. The molecule has 1 aromatic carbocycles. The van der Waals surface area contributed by atoms with E-state index in [-0.39, 0.29) is 0 Å². The molecule has 6 nitrogen and oxygen atoms in total. The first-order valence-electron chi connectivity index (χ1n) is 10.2. The second kappa shape index (κ2) is 7.89. The van der Waals surface area contributed by atoms with Gasteiger partial charge in [-0.3, -0.25) is 4.79 Å². The molecule has 1 aromatic heterocycles. The third-order valence-electron chi connectivity index (χ3n) is 6.07. The van der Waals surface area contributed by atoms with E-state index >= 15 is 0 Å². The molecule has 2 aliphatic rings. The van der Waals surface area contributed by atoms with E-state index in [1.54, 1.807) is 0 Å². The molecule has 0 radical (unpaired) electrons. The van der Waals surface area contributed by atoms with Gasteiger partial charge in [-0.2, -0.15) is 4.98 Å². The topological polar surface area (TPSA) is 61.6 Å². The Kier molecular flexibility index (Phi) is 5.34. The summed E-state index contributed by atoms with van der Waals surface area (Å²) in [4.78, 5) is 21.5. The van der Waals surface area contributed by atoms with Crippen molar-refractivity contribution in [2.45, 2.75) is 33.1 Å². The van der Waals surface area contributed by atoms with Crippen molar-refractivity contribution >= 4 is 23.0 Å². The zero-order chi connectivity index (χ0) is 18.8. The summed E-state index contributed by atoms with van der Waals surface area (Å²) < 4.78 is 5.91. The fourth-order valence-corrected chi connectivity index (χ4v) is 4.24. The highest BCUT2D eigenvalue weighted by molar-refractivity contribution is 5.77. The van der Waals surface area contributed by atoms with Crippen LogP contribution in [0.2, 0.25) is 0 Å². The number of piperidine rings is 1. The summed E-state index contributed by atoms with van der Waals surface area (Å²) in [6.45, 7) is 9.49. The van der Waals surface area contributed by atoms with Gasteiger partial charge in [-0.15, -0.1) is 0 Å². The first-order chi connectivity index (χ1) is 13.1. The van der Waals surface area contributed by atoms with Gasteiger partial charge in [0.2, 0.25) is 5.91 Å². The number of rotatable bonds is 4. The van der Waals surface area contributed by atoms with E-state index in [1.807, 2.05) is 23.1 Å². The van der Waals surface area contributed by atoms with Crippen LogP contribution in [0.3, 0.4) is 0 Å². The molecule has 0 bridgehead atoms. The maximum absolute atomic E-state index is 12.7. The third-order valence-corrected chi connectivity index (χ3v) is 6.07. The molecule has 1 amide bonds. The second-order valence-electron chi connectivity index (χ2n) is 8.12. The van der Waals surface area contributed by atoms with Crippen LogP contribution in [0.25, 0.3) is 11.1 Å². The maximum Gasteiger partial charge on any atom is 0.298 e. The van der Waals surface area contributed by atoms with Gasteiger partial charge in [0.25, 0.3) is 6.01 Å². The lowest BCUT2D eigenvalue weighted by molar-refractivity contribution is -0.132. The average molecular weight is 370 g/mol. The molecule has 1 N–H and O–H groups in total. The SMILES string of the molecule is Cc1ccc2oc(N3CCN(C(=O)CC(C)C4CCCNC4)CC3)nc2c1. The number of aryl methyl sites for hydroxylation is 1. The Balaban J connectivity index is 1.31. The van der Waals surface area contributed by atoms with Gasteiger partial charge in [0.05, 0.1) is 0 Å². The van der Waals surface area contributed by atoms with Crippen molar-refractivity contribution in [1.29, 1.82) is 0 Å². The minimum Gasteiger partial charge on any atom is -0.423 e. The van der Waals surface area contributed by atoms with Crippen molar-refractivity contribution in [1.82, 2.24) is 15.2 Å². The number of nitrogens with zero attached hydrogens (tertiary/aromatic N) is 3. The second-order valence-corrected chi connectivity index (χ2v) is 8.12. The fourth-order valence-electron chi connectivity index (χ4n) is 4.24. The molecule has 2 aromatic rings. The van der Waals surface area contributed by atoms with Crippen LogP contribution in [0.4, 0.5) is 6.01 Å². The number of hydrogen-bond acceptors (Lipinski definition) is 5. The van der Waals surface area contributed by atoms with Gasteiger partial charge in [-0.1, -0.05) is 13.0 Å². The van der Waals surface area contributed by atoms with E-state index in [4.69, 9.17) is 4.42 Å². The quantitative estimate of drug-likeness (QED) is 0.897. The van der Waals surface area contributed by atoms with Crippen LogP contribution in [0.1, 0.15) is 31.7 Å². The summed E-state index contributed by atoms with van der Waals surface area (Å²) in [5.74, 6) is 1.37. The normalized spacial score (nSPS) is 22.2. The van der Waals surface area contributed by atoms with E-state index in [0.29, 0.717) is 30.2 Å². The number of oxazole rings is 1. The predicted molar refractivity (Wildman–Crippen MR) is 107 cm³/mol. The number of carbonyl (C=O) groups excluding carboxylic acids is 1. The Bertz CT molecular complexity index is 789. The van der Waals surface area contributed by atoms with E-state index in [9.17, 15) is 4.79 Å². The Morgan fingerprint density at radius 3 is 2.89 bits per heavy atom. The molecule has 0 aliphatic carbocycles. The van der Waals surface area contributed by atoms with Crippen LogP contribution >= 0.6 is 0 Å². The molecule has 2 unspecified atom stereocenters. The van der Waals surface area contributed by atoms with Crippen LogP contribution in [0.5, 0.6) is 0 Å². The van der Waals surface area contributed by atoms with E-state index in [1.165, 1.54) is 18.4 Å². The summed E-state index contributed by atoms with van der Waals surface area (Å²) in [6.07, 6.45) is 3.13. The zero-order valence-corrected chi connectivity index (χ0v) is 16.4. The third kappa shape index (κ3) is 4.10. The number of carbonyl (C=O) groups is 1. The standard InChI is InChI=1S/C21H30N4O2/c1-15-5-6-19-18(12-15)23-21(27-19)25-10-8-24(9-11-25)20(26)13-16(2)17-4-3-7-22-14-17/h5-6,12,16-17,22H,3-4,7-11,13-14H2,1-2H3. The van der Waals surface area contributed by atoms with Crippen molar-refractivity contribution in [3.8, 4) is 0 Å². The molecule has 146 valence electrons. The number of piperazine rings is 1. The van der Waals surface area contributed by atoms with Crippen LogP contribution in [0.15, 0.2) is 22.6 Å². The molecule has 2 aliphatic heterocycles. The van der Waals surface area contributed by atoms with E-state index in [0.717, 1.165) is 50.4 Å². The van der Waals surface area contributed by atoms with Crippen molar-refractivity contribution in [3.63, 3.8) is 0 Å². The molecular weight excluding hydrogens is 340 g/mol. The van der Waals surface area contributed by atoms with Crippen molar-refractivity contribution in [2.75, 3.05) is 44.2 Å². The first-order valence-corrected chi connectivity index (χ1v) is 10.2. The molecule has 0 spiro atoms. The molecule has 4 rings (SSSR count). The lowest BCUT2D eigenvalue weighted by atomic mass is 9.85. The molecule has 2 saturated heterocycles. The highest BCUT2D eigenvalue weighted by Gasteiger charge is 2.27. The number of aromatic nitrogens is 1. The Hall–Kier alpha value is -2.08. The highest BCUT2D eigenvalue weighted by Crippen LogP contribution is 2.25. The lowest BCUT2D eigenvalue weighted by Crippen LogP contribution is -2.49. The molecule has 27 heavy (non-hydrogen) atoms. The number of benzene rings is 1. The Morgan fingerprint density at radius 2 is 2.15 bits per heavy atom. The van der Waals surface area contributed by atoms with Crippen molar-refractivity contribution < 1.29 is 9.21 Å². The Labute approximate surface area is 160 Å². The Morgan fingerprint density at radius 1 is 1.33 bits per heavy atom. The maximum atomic E-state index is 12.7. The van der Waals surface area contributed by atoms with Gasteiger partial charge in [0, 0.05) is 32.6 Å². The van der Waals surface area contributed by atoms with Crippen LogP contribution in [-0.4, -0.2) is 55.1 Å². The smallest absolute Gasteiger partial charge is 0.298 e. The molecule has 0 saturated carbocycles. The molecule has 2 atom stereocenters. The minimum absolute atomic E-state index is 0.293. The van der Waals surface area contributed by atoms with Crippen LogP contribution in [0, 0.1) is 18.8 Å². The lowest BCUT2D eigenvalue weighted by Gasteiger charge is -2.35. The summed E-state index contributed by atoms with van der Waals surface area (Å²) in [5.41, 5.74) is 2.91. The molecule has 6 heteroatoms. The minimum atomic E-state index is 0.293. The van der Waals surface area contributed by atoms with Crippen LogP contribution < -0.4 is 10.2 Å². The number of anilines is 1. The number of nitrogens with one attached hydrogen (secondary N) is 1. The summed E-state index contributed by atoms with van der Waals surface area (Å²) in [5, 5.41) is 3.46. The van der Waals surface area contributed by atoms with Crippen molar-refractivity contribution in [3.05, 3.63) is 23.8 Å². The largest absolute Gasteiger partial charge is 0.423 e. The van der Waals surface area contributed by atoms with Crippen molar-refractivity contribution in [2.24, 2.45) is 11.8 Å². The zero-order valence-electron chi connectivity index (χ0n) is 16.4. The number of amides is 1. The van der Waals surface area contributed by atoms with Gasteiger partial charge < -0.3 is 19.5 Å². The average Bonchev–Trinajstić information content (AvgIpc) is 3.12.